The van der Waals surface area contributed by atoms with Crippen molar-refractivity contribution in [2.45, 2.75) is 25.2 Å². The number of aromatic nitrogens is 1. The average Bonchev–Trinajstić information content (AvgIpc) is 3.10. The molecule has 0 unspecified atom stereocenters. The van der Waals surface area contributed by atoms with Gasteiger partial charge in [0.25, 0.3) is 0 Å². The summed E-state index contributed by atoms with van der Waals surface area (Å²) in [5.74, 6) is 0. The second kappa shape index (κ2) is 9.49. The number of nitrogens with one attached hydrogen (secondary N) is 2. The van der Waals surface area contributed by atoms with Crippen LogP contribution in [0.25, 0.3) is 0 Å². The zero-order chi connectivity index (χ0) is 17.2. The first-order valence-electron chi connectivity index (χ1n) is 7.98. The van der Waals surface area contributed by atoms with Crippen molar-refractivity contribution in [2.75, 3.05) is 4.72 Å². The van der Waals surface area contributed by atoms with Crippen LogP contribution in [0.15, 0.2) is 71.9 Å². The fourth-order valence-corrected chi connectivity index (χ4v) is 2.91. The van der Waals surface area contributed by atoms with Crippen LogP contribution in [-0.2, 0) is 6.42 Å². The van der Waals surface area contributed by atoms with Crippen molar-refractivity contribution in [1.29, 1.82) is 5.26 Å². The van der Waals surface area contributed by atoms with E-state index in [-0.39, 0.29) is 0 Å². The Bertz CT molecular complexity index is 771. The van der Waals surface area contributed by atoms with Crippen LogP contribution in [0.4, 0.5) is 5.69 Å². The van der Waals surface area contributed by atoms with Crippen LogP contribution in [-0.4, -0.2) is 4.98 Å². The minimum atomic E-state index is 0.668. The van der Waals surface area contributed by atoms with Gasteiger partial charge in [0.15, 0.2) is 0 Å². The van der Waals surface area contributed by atoms with E-state index in [1.807, 2.05) is 56.6 Å². The third-order valence-electron chi connectivity index (χ3n) is 3.32. The largest absolute Gasteiger partial charge is 0.366 e. The first-order chi connectivity index (χ1) is 11.8. The van der Waals surface area contributed by atoms with E-state index in [9.17, 15) is 0 Å². The molecule has 4 heteroatoms. The summed E-state index contributed by atoms with van der Waals surface area (Å²) in [6.07, 6.45) is 4.94. The molecule has 0 saturated heterocycles. The quantitative estimate of drug-likeness (QED) is 0.595. The maximum absolute atomic E-state index is 8.81. The molecule has 0 saturated carbocycles. The fraction of sp³-hybridized carbons (Fsp3) is 0.150. The van der Waals surface area contributed by atoms with Crippen LogP contribution < -0.4 is 4.72 Å². The van der Waals surface area contributed by atoms with Crippen LogP contribution in [0.5, 0.6) is 0 Å². The van der Waals surface area contributed by atoms with Crippen molar-refractivity contribution in [3.8, 4) is 6.07 Å². The smallest absolute Gasteiger partial charge is 0.0991 e. The van der Waals surface area contributed by atoms with Crippen LogP contribution in [0.1, 0.15) is 30.5 Å². The van der Waals surface area contributed by atoms with Crippen molar-refractivity contribution in [3.05, 3.63) is 83.7 Å². The van der Waals surface area contributed by atoms with E-state index in [4.69, 9.17) is 5.26 Å². The van der Waals surface area contributed by atoms with Crippen LogP contribution in [0, 0.1) is 11.3 Å². The zero-order valence-electron chi connectivity index (χ0n) is 13.9. The van der Waals surface area contributed by atoms with E-state index in [0.29, 0.717) is 5.56 Å². The second-order valence-electron chi connectivity index (χ2n) is 4.90. The van der Waals surface area contributed by atoms with Gasteiger partial charge in [-0.2, -0.15) is 5.26 Å². The molecule has 3 aromatic rings. The number of H-pyrrole nitrogens is 1. The lowest BCUT2D eigenvalue weighted by Gasteiger charge is -2.06. The highest BCUT2D eigenvalue weighted by atomic mass is 32.2. The lowest BCUT2D eigenvalue weighted by Crippen LogP contribution is -1.91. The van der Waals surface area contributed by atoms with Gasteiger partial charge in [0.1, 0.15) is 0 Å². The summed E-state index contributed by atoms with van der Waals surface area (Å²) < 4.78 is 3.31. The molecule has 3 rings (SSSR count). The van der Waals surface area contributed by atoms with Gasteiger partial charge < -0.3 is 9.71 Å². The fourth-order valence-electron chi connectivity index (χ4n) is 2.16. The first kappa shape index (κ1) is 17.7. The van der Waals surface area contributed by atoms with Crippen molar-refractivity contribution < 1.29 is 0 Å². The van der Waals surface area contributed by atoms with Crippen molar-refractivity contribution in [1.82, 2.24) is 4.98 Å². The molecule has 0 aliphatic carbocycles. The number of hydrogen-bond acceptors (Lipinski definition) is 3. The third kappa shape index (κ3) is 4.94. The van der Waals surface area contributed by atoms with Gasteiger partial charge in [0.05, 0.1) is 11.6 Å². The highest BCUT2D eigenvalue weighted by molar-refractivity contribution is 8.00. The Balaban J connectivity index is 0.00000100. The topological polar surface area (TPSA) is 51.6 Å². The lowest BCUT2D eigenvalue weighted by atomic mass is 10.1. The summed E-state index contributed by atoms with van der Waals surface area (Å²) >= 11 is 1.58. The Morgan fingerprint density at radius 1 is 1.00 bits per heavy atom. The molecule has 3 nitrogen and oxygen atoms in total. The summed E-state index contributed by atoms with van der Waals surface area (Å²) in [7, 11) is 0. The summed E-state index contributed by atoms with van der Waals surface area (Å²) in [6.45, 7) is 4.00. The minimum Gasteiger partial charge on any atom is -0.366 e. The molecule has 0 amide bonds. The summed E-state index contributed by atoms with van der Waals surface area (Å²) in [5, 5.41) is 8.81. The number of rotatable bonds is 5. The molecule has 0 bridgehead atoms. The molecule has 0 spiro atoms. The van der Waals surface area contributed by atoms with Crippen LogP contribution >= 0.6 is 11.9 Å². The van der Waals surface area contributed by atoms with Crippen molar-refractivity contribution in [2.24, 2.45) is 0 Å². The number of benzene rings is 2. The Morgan fingerprint density at radius 2 is 1.71 bits per heavy atom. The van der Waals surface area contributed by atoms with E-state index in [1.165, 1.54) is 16.0 Å². The lowest BCUT2D eigenvalue weighted by molar-refractivity contribution is 1.15. The highest BCUT2D eigenvalue weighted by Gasteiger charge is 2.06. The van der Waals surface area contributed by atoms with E-state index in [2.05, 4.69) is 40.0 Å². The molecule has 0 fully saturated rings. The van der Waals surface area contributed by atoms with Gasteiger partial charge in [0, 0.05) is 29.4 Å². The molecule has 1 heterocycles. The highest BCUT2D eigenvalue weighted by Crippen LogP contribution is 2.26. The van der Waals surface area contributed by atoms with Gasteiger partial charge >= 0.3 is 0 Å². The predicted octanol–water partition coefficient (Wildman–Crippen LogP) is 5.62. The van der Waals surface area contributed by atoms with Crippen LogP contribution in [0.3, 0.4) is 0 Å². The minimum absolute atomic E-state index is 0.668. The SMILES string of the molecule is CC.N#Cc1ccc(NSc2c[nH]cc2Cc2ccccc2)cc1. The van der Waals surface area contributed by atoms with Crippen molar-refractivity contribution >= 4 is 17.6 Å². The number of hydrogen-bond donors (Lipinski definition) is 2. The van der Waals surface area contributed by atoms with Gasteiger partial charge in [-0.3, -0.25) is 0 Å². The summed E-state index contributed by atoms with van der Waals surface area (Å²) in [4.78, 5) is 4.34. The molecule has 24 heavy (non-hydrogen) atoms. The molecule has 0 aliphatic rings. The Kier molecular flexibility index (Phi) is 7.00. The number of nitriles is 1. The van der Waals surface area contributed by atoms with Crippen molar-refractivity contribution in [3.63, 3.8) is 0 Å². The van der Waals surface area contributed by atoms with Gasteiger partial charge in [-0.15, -0.1) is 0 Å². The first-order valence-corrected chi connectivity index (χ1v) is 8.79. The predicted molar refractivity (Wildman–Crippen MR) is 102 cm³/mol. The zero-order valence-corrected chi connectivity index (χ0v) is 14.7. The molecule has 1 aromatic heterocycles. The molecule has 2 N–H and O–H groups in total. The summed E-state index contributed by atoms with van der Waals surface area (Å²) in [6, 6.07) is 20.0. The van der Waals surface area contributed by atoms with Gasteiger partial charge in [-0.25, -0.2) is 0 Å². The number of anilines is 1. The van der Waals surface area contributed by atoms with E-state index >= 15 is 0 Å². The second-order valence-corrected chi connectivity index (χ2v) is 5.75. The molecule has 0 atom stereocenters. The van der Waals surface area contributed by atoms with E-state index in [0.717, 1.165) is 12.1 Å². The molecular weight excluding hydrogens is 314 g/mol. The monoisotopic (exact) mass is 335 g/mol. The van der Waals surface area contributed by atoms with Gasteiger partial charge in [0.2, 0.25) is 0 Å². The Morgan fingerprint density at radius 3 is 2.38 bits per heavy atom. The Labute approximate surface area is 147 Å². The maximum Gasteiger partial charge on any atom is 0.0991 e. The molecule has 0 aliphatic heterocycles. The maximum atomic E-state index is 8.81. The van der Waals surface area contributed by atoms with Gasteiger partial charge in [-0.1, -0.05) is 44.2 Å². The van der Waals surface area contributed by atoms with E-state index < -0.39 is 0 Å². The third-order valence-corrected chi connectivity index (χ3v) is 4.26. The molecule has 2 aromatic carbocycles. The number of aromatic amines is 1. The van der Waals surface area contributed by atoms with E-state index in [1.54, 1.807) is 11.9 Å². The molecule has 122 valence electrons. The molecular formula is C20H21N3S. The molecule has 0 radical (unpaired) electrons. The van der Waals surface area contributed by atoms with Gasteiger partial charge in [-0.05, 0) is 47.3 Å². The Hall–Kier alpha value is -2.64. The van der Waals surface area contributed by atoms with Crippen LogP contribution in [0.2, 0.25) is 0 Å². The normalized spacial score (nSPS) is 9.54. The average molecular weight is 335 g/mol. The standard InChI is InChI=1S/C18H15N3S.C2H6/c19-11-15-6-8-17(9-7-15)21-22-18-13-20-12-16(18)10-14-4-2-1-3-5-14;1-2/h1-9,12-13,20-21H,10H2;1-2H3. The summed E-state index contributed by atoms with van der Waals surface area (Å²) in [5.41, 5.74) is 4.21. The number of nitrogens with zero attached hydrogens (tertiary/aromatic N) is 1.